The van der Waals surface area contributed by atoms with E-state index in [1.807, 2.05) is 0 Å². The highest BCUT2D eigenvalue weighted by atomic mass is 16.7. The molecule has 0 spiro atoms. The molecule has 19 heavy (non-hydrogen) atoms. The van der Waals surface area contributed by atoms with Crippen LogP contribution in [0.1, 0.15) is 23.3 Å². The van der Waals surface area contributed by atoms with Gasteiger partial charge in [0, 0.05) is 19.9 Å². The van der Waals surface area contributed by atoms with Gasteiger partial charge in [-0.3, -0.25) is 9.59 Å². The molecule has 1 aromatic heterocycles. The number of amides is 2. The van der Waals surface area contributed by atoms with Crippen LogP contribution >= 0.6 is 0 Å². The van der Waals surface area contributed by atoms with Crippen molar-refractivity contribution >= 4 is 23.6 Å². The van der Waals surface area contributed by atoms with Crippen LogP contribution in [0.2, 0.25) is 0 Å². The van der Waals surface area contributed by atoms with Crippen LogP contribution in [0, 0.1) is 10.1 Å². The van der Waals surface area contributed by atoms with Gasteiger partial charge in [-0.15, -0.1) is 5.06 Å². The Bertz CT molecular complexity index is 576. The quantitative estimate of drug-likeness (QED) is 0.413. The Morgan fingerprint density at radius 1 is 1.42 bits per heavy atom. The first-order valence-corrected chi connectivity index (χ1v) is 5.15. The molecule has 0 saturated carbocycles. The molecule has 1 aliphatic rings. The molecule has 0 unspecified atom stereocenters. The minimum atomic E-state index is -1.18. The van der Waals surface area contributed by atoms with E-state index < -0.39 is 34.2 Å². The Balaban J connectivity index is 2.25. The summed E-state index contributed by atoms with van der Waals surface area (Å²) in [5.74, 6) is -3.21. The summed E-state index contributed by atoms with van der Waals surface area (Å²) in [5, 5.41) is 11.0. The van der Waals surface area contributed by atoms with Crippen LogP contribution in [-0.2, 0) is 21.5 Å². The lowest BCUT2D eigenvalue weighted by Crippen LogP contribution is -2.32. The highest BCUT2D eigenvalue weighted by Crippen LogP contribution is 2.19. The lowest BCUT2D eigenvalue weighted by molar-refractivity contribution is -0.389. The number of hydrogen-bond donors (Lipinski definition) is 0. The summed E-state index contributed by atoms with van der Waals surface area (Å²) >= 11 is 0. The van der Waals surface area contributed by atoms with E-state index in [2.05, 4.69) is 9.82 Å². The highest BCUT2D eigenvalue weighted by molar-refractivity contribution is 6.03. The number of carbonyl (C=O) groups excluding carboxylic acids is 3. The lowest BCUT2D eigenvalue weighted by Gasteiger charge is -2.11. The van der Waals surface area contributed by atoms with Crippen LogP contribution in [0.25, 0.3) is 0 Å². The van der Waals surface area contributed by atoms with Gasteiger partial charge < -0.3 is 19.5 Å². The number of imidazole rings is 1. The third-order valence-electron chi connectivity index (χ3n) is 2.46. The molecule has 0 aliphatic carbocycles. The zero-order chi connectivity index (χ0) is 14.2. The van der Waals surface area contributed by atoms with E-state index in [-0.39, 0.29) is 12.8 Å². The minimum absolute atomic E-state index is 0.0560. The van der Waals surface area contributed by atoms with Gasteiger partial charge in [-0.05, 0) is 9.91 Å². The number of hydroxylamine groups is 2. The molecule has 10 nitrogen and oxygen atoms in total. The Morgan fingerprint density at radius 2 is 2.00 bits per heavy atom. The molecule has 10 heteroatoms. The molecule has 1 fully saturated rings. The van der Waals surface area contributed by atoms with Gasteiger partial charge >= 0.3 is 11.8 Å². The van der Waals surface area contributed by atoms with Gasteiger partial charge in [0.1, 0.15) is 0 Å². The van der Waals surface area contributed by atoms with E-state index in [1.54, 1.807) is 0 Å². The Labute approximate surface area is 105 Å². The van der Waals surface area contributed by atoms with Crippen LogP contribution in [0.15, 0.2) is 6.33 Å². The van der Waals surface area contributed by atoms with Crippen molar-refractivity contribution in [3.05, 3.63) is 22.1 Å². The molecule has 1 aromatic rings. The number of nitro groups is 1. The van der Waals surface area contributed by atoms with Crippen LogP contribution in [0.5, 0.6) is 0 Å². The number of carbonyl (C=O) groups is 3. The van der Waals surface area contributed by atoms with Gasteiger partial charge in [0.05, 0.1) is 0 Å². The Hall–Kier alpha value is -2.78. The largest absolute Gasteiger partial charge is 0.396 e. The van der Waals surface area contributed by atoms with Gasteiger partial charge in [0.2, 0.25) is 12.0 Å². The van der Waals surface area contributed by atoms with Gasteiger partial charge in [-0.1, -0.05) is 0 Å². The van der Waals surface area contributed by atoms with Crippen molar-refractivity contribution in [2.45, 2.75) is 12.8 Å². The van der Waals surface area contributed by atoms with Crippen LogP contribution in [-0.4, -0.2) is 37.3 Å². The highest BCUT2D eigenvalue weighted by Gasteiger charge is 2.36. The van der Waals surface area contributed by atoms with Crippen LogP contribution < -0.4 is 0 Å². The van der Waals surface area contributed by atoms with E-state index in [4.69, 9.17) is 0 Å². The lowest BCUT2D eigenvalue weighted by atomic mass is 10.4. The molecule has 100 valence electrons. The van der Waals surface area contributed by atoms with Crippen molar-refractivity contribution in [1.29, 1.82) is 0 Å². The van der Waals surface area contributed by atoms with E-state index >= 15 is 0 Å². The fourth-order valence-electron chi connectivity index (χ4n) is 1.57. The predicted molar refractivity (Wildman–Crippen MR) is 56.4 cm³/mol. The van der Waals surface area contributed by atoms with Crippen molar-refractivity contribution in [3.63, 3.8) is 0 Å². The number of aryl methyl sites for hydroxylation is 1. The average molecular weight is 268 g/mol. The van der Waals surface area contributed by atoms with Gasteiger partial charge in [-0.25, -0.2) is 4.79 Å². The summed E-state index contributed by atoms with van der Waals surface area (Å²) in [6.07, 6.45) is 0.946. The average Bonchev–Trinajstić information content (AvgIpc) is 2.86. The molecule has 0 bridgehead atoms. The normalized spacial score (nSPS) is 14.9. The Morgan fingerprint density at radius 3 is 2.53 bits per heavy atom. The van der Waals surface area contributed by atoms with E-state index in [1.165, 1.54) is 7.05 Å². The van der Waals surface area contributed by atoms with Crippen molar-refractivity contribution in [3.8, 4) is 0 Å². The third-order valence-corrected chi connectivity index (χ3v) is 2.46. The first-order chi connectivity index (χ1) is 8.91. The molecule has 0 atom stereocenters. The van der Waals surface area contributed by atoms with Crippen molar-refractivity contribution in [2.24, 2.45) is 7.05 Å². The maximum atomic E-state index is 11.8. The predicted octanol–water partition coefficient (Wildman–Crippen LogP) is -0.451. The SMILES string of the molecule is Cn1cnc([N+](=O)[O-])c1C(=O)ON1C(=O)CCC1=O. The van der Waals surface area contributed by atoms with E-state index in [0.29, 0.717) is 5.06 Å². The molecule has 1 saturated heterocycles. The first kappa shape index (κ1) is 12.7. The summed E-state index contributed by atoms with van der Waals surface area (Å²) in [6, 6.07) is 0. The molecular formula is C9H8N4O6. The number of imide groups is 1. The third kappa shape index (κ3) is 2.14. The van der Waals surface area contributed by atoms with Gasteiger partial charge in [0.25, 0.3) is 11.8 Å². The van der Waals surface area contributed by atoms with Crippen LogP contribution in [0.4, 0.5) is 5.82 Å². The molecule has 0 N–H and O–H groups in total. The van der Waals surface area contributed by atoms with Gasteiger partial charge in [-0.2, -0.15) is 0 Å². The first-order valence-electron chi connectivity index (χ1n) is 5.15. The molecule has 0 aromatic carbocycles. The summed E-state index contributed by atoms with van der Waals surface area (Å²) in [7, 11) is 1.35. The fraction of sp³-hybridized carbons (Fsp3) is 0.333. The monoisotopic (exact) mass is 268 g/mol. The molecule has 2 heterocycles. The number of aromatic nitrogens is 2. The second-order valence-corrected chi connectivity index (χ2v) is 3.75. The van der Waals surface area contributed by atoms with E-state index in [9.17, 15) is 24.5 Å². The summed E-state index contributed by atoms with van der Waals surface area (Å²) < 4.78 is 1.07. The smallest absolute Gasteiger partial charge is 0.358 e. The summed E-state index contributed by atoms with van der Waals surface area (Å²) in [6.45, 7) is 0. The second-order valence-electron chi connectivity index (χ2n) is 3.75. The fourth-order valence-corrected chi connectivity index (χ4v) is 1.57. The zero-order valence-corrected chi connectivity index (χ0v) is 9.73. The topological polar surface area (TPSA) is 125 Å². The Kier molecular flexibility index (Phi) is 2.99. The standard InChI is InChI=1S/C9H8N4O6/c1-11-4-10-8(13(17)18)7(11)9(16)19-12-5(14)2-3-6(12)15/h4H,2-3H2,1H3. The van der Waals surface area contributed by atoms with Crippen molar-refractivity contribution in [1.82, 2.24) is 14.6 Å². The maximum absolute atomic E-state index is 11.8. The van der Waals surface area contributed by atoms with Crippen LogP contribution in [0.3, 0.4) is 0 Å². The zero-order valence-electron chi connectivity index (χ0n) is 9.73. The van der Waals surface area contributed by atoms with Crippen molar-refractivity contribution in [2.75, 3.05) is 0 Å². The number of rotatable bonds is 3. The summed E-state index contributed by atoms with van der Waals surface area (Å²) in [5.41, 5.74) is -0.447. The molecule has 0 radical (unpaired) electrons. The second kappa shape index (κ2) is 4.48. The maximum Gasteiger partial charge on any atom is 0.396 e. The number of hydrogen-bond acceptors (Lipinski definition) is 7. The van der Waals surface area contributed by atoms with E-state index in [0.717, 1.165) is 10.9 Å². The molecule has 2 amide bonds. The molecular weight excluding hydrogens is 260 g/mol. The summed E-state index contributed by atoms with van der Waals surface area (Å²) in [4.78, 5) is 52.1. The molecule has 2 rings (SSSR count). The molecule has 1 aliphatic heterocycles. The minimum Gasteiger partial charge on any atom is -0.358 e. The van der Waals surface area contributed by atoms with Crippen molar-refractivity contribution < 1.29 is 24.1 Å². The van der Waals surface area contributed by atoms with Gasteiger partial charge in [0.15, 0.2) is 0 Å². The number of nitrogens with zero attached hydrogens (tertiary/aromatic N) is 4.